The Morgan fingerprint density at radius 3 is 2.54 bits per heavy atom. The Bertz CT molecular complexity index is 163. The Morgan fingerprint density at radius 2 is 2.00 bits per heavy atom. The molecule has 0 nitrogen and oxygen atoms in total. The molecule has 76 valence electrons. The second-order valence-corrected chi connectivity index (χ2v) is 3.89. The number of hydrogen-bond donors (Lipinski definition) is 0. The topological polar surface area (TPSA) is 0 Å². The van der Waals surface area contributed by atoms with Gasteiger partial charge in [0.15, 0.2) is 0 Å². The average molecular weight is 180 g/mol. The van der Waals surface area contributed by atoms with Gasteiger partial charge in [0.25, 0.3) is 0 Å². The van der Waals surface area contributed by atoms with Crippen LogP contribution in [0.5, 0.6) is 0 Å². The Labute approximate surface area is 83.7 Å². The molecule has 0 aliphatic carbocycles. The maximum absolute atomic E-state index is 2.33. The molecule has 0 saturated heterocycles. The van der Waals surface area contributed by atoms with Crippen LogP contribution in [0.25, 0.3) is 0 Å². The van der Waals surface area contributed by atoms with Crippen LogP contribution in [-0.4, -0.2) is 0 Å². The van der Waals surface area contributed by atoms with E-state index in [2.05, 4.69) is 45.9 Å². The molecule has 1 unspecified atom stereocenters. The SMILES string of the molecule is CCC=C(C)C=CCC(C)CCC. The number of rotatable bonds is 6. The summed E-state index contributed by atoms with van der Waals surface area (Å²) in [6, 6.07) is 0. The third kappa shape index (κ3) is 7.83. The molecule has 0 amide bonds. The van der Waals surface area contributed by atoms with Gasteiger partial charge in [-0.3, -0.25) is 0 Å². The molecule has 0 heteroatoms. The van der Waals surface area contributed by atoms with Crippen LogP contribution < -0.4 is 0 Å². The molecule has 1 atom stereocenters. The third-order valence-corrected chi connectivity index (χ3v) is 2.23. The highest BCUT2D eigenvalue weighted by molar-refractivity contribution is 5.15. The van der Waals surface area contributed by atoms with Crippen molar-refractivity contribution in [2.24, 2.45) is 5.92 Å². The molecule has 0 radical (unpaired) electrons. The number of hydrogen-bond acceptors (Lipinski definition) is 0. The van der Waals surface area contributed by atoms with E-state index in [-0.39, 0.29) is 0 Å². The first-order chi connectivity index (χ1) is 6.20. The standard InChI is InChI=1S/C13H24/c1-5-8-12(3)10-7-11-13(4)9-6-2/h7-8,10,13H,5-6,9,11H2,1-4H3. The van der Waals surface area contributed by atoms with Gasteiger partial charge in [-0.2, -0.15) is 0 Å². The highest BCUT2D eigenvalue weighted by Gasteiger charge is 1.95. The third-order valence-electron chi connectivity index (χ3n) is 2.23. The van der Waals surface area contributed by atoms with E-state index in [0.717, 1.165) is 12.3 Å². The van der Waals surface area contributed by atoms with Crippen molar-refractivity contribution in [2.45, 2.75) is 53.4 Å². The van der Waals surface area contributed by atoms with Crippen molar-refractivity contribution in [3.8, 4) is 0 Å². The summed E-state index contributed by atoms with van der Waals surface area (Å²) >= 11 is 0. The van der Waals surface area contributed by atoms with Crippen molar-refractivity contribution in [2.75, 3.05) is 0 Å². The van der Waals surface area contributed by atoms with Crippen LogP contribution in [0, 0.1) is 5.92 Å². The van der Waals surface area contributed by atoms with Gasteiger partial charge in [-0.25, -0.2) is 0 Å². The Kier molecular flexibility index (Phi) is 7.77. The Morgan fingerprint density at radius 1 is 1.31 bits per heavy atom. The van der Waals surface area contributed by atoms with Gasteiger partial charge in [0, 0.05) is 0 Å². The van der Waals surface area contributed by atoms with Crippen LogP contribution in [0.15, 0.2) is 23.8 Å². The van der Waals surface area contributed by atoms with Crippen LogP contribution in [0.4, 0.5) is 0 Å². The Balaban J connectivity index is 3.67. The largest absolute Gasteiger partial charge is 0.0840 e. The zero-order valence-electron chi connectivity index (χ0n) is 9.64. The lowest BCUT2D eigenvalue weighted by molar-refractivity contribution is 0.532. The molecule has 0 heterocycles. The molecule has 0 saturated carbocycles. The molecule has 0 spiro atoms. The molecule has 0 rings (SSSR count). The lowest BCUT2D eigenvalue weighted by atomic mass is 10.0. The lowest BCUT2D eigenvalue weighted by Gasteiger charge is -2.04. The van der Waals surface area contributed by atoms with Gasteiger partial charge in [-0.1, -0.05) is 57.4 Å². The minimum atomic E-state index is 0.843. The van der Waals surface area contributed by atoms with Crippen LogP contribution in [0.1, 0.15) is 53.4 Å². The van der Waals surface area contributed by atoms with Gasteiger partial charge in [-0.05, 0) is 25.7 Å². The van der Waals surface area contributed by atoms with E-state index in [4.69, 9.17) is 0 Å². The fourth-order valence-electron chi connectivity index (χ4n) is 1.49. The first-order valence-corrected chi connectivity index (χ1v) is 5.54. The molecule has 0 fully saturated rings. The maximum Gasteiger partial charge on any atom is -0.0322 e. The van der Waals surface area contributed by atoms with Crippen molar-refractivity contribution < 1.29 is 0 Å². The van der Waals surface area contributed by atoms with Crippen molar-refractivity contribution in [3.63, 3.8) is 0 Å². The molecule has 0 N–H and O–H groups in total. The summed E-state index contributed by atoms with van der Waals surface area (Å²) in [7, 11) is 0. The Hall–Kier alpha value is -0.520. The summed E-state index contributed by atoms with van der Waals surface area (Å²) in [5, 5.41) is 0. The first kappa shape index (κ1) is 12.5. The highest BCUT2D eigenvalue weighted by atomic mass is 14.0. The molecule has 13 heavy (non-hydrogen) atoms. The van der Waals surface area contributed by atoms with E-state index in [0.29, 0.717) is 0 Å². The van der Waals surface area contributed by atoms with Gasteiger partial charge < -0.3 is 0 Å². The van der Waals surface area contributed by atoms with E-state index in [1.165, 1.54) is 24.8 Å². The zero-order valence-corrected chi connectivity index (χ0v) is 9.64. The number of allylic oxidation sites excluding steroid dienone is 4. The predicted molar refractivity (Wildman–Crippen MR) is 61.9 cm³/mol. The van der Waals surface area contributed by atoms with Crippen molar-refractivity contribution >= 4 is 0 Å². The maximum atomic E-state index is 2.33. The van der Waals surface area contributed by atoms with Gasteiger partial charge in [-0.15, -0.1) is 0 Å². The van der Waals surface area contributed by atoms with Crippen LogP contribution >= 0.6 is 0 Å². The monoisotopic (exact) mass is 180 g/mol. The van der Waals surface area contributed by atoms with Crippen LogP contribution in [-0.2, 0) is 0 Å². The summed E-state index contributed by atoms with van der Waals surface area (Å²) in [6.07, 6.45) is 11.8. The van der Waals surface area contributed by atoms with Gasteiger partial charge in [0.1, 0.15) is 0 Å². The normalized spacial score (nSPS) is 15.2. The predicted octanol–water partition coefficient (Wildman–Crippen LogP) is 4.73. The van der Waals surface area contributed by atoms with E-state index in [1.54, 1.807) is 0 Å². The molecular formula is C13H24. The molecule has 0 aromatic heterocycles. The zero-order chi connectivity index (χ0) is 10.1. The van der Waals surface area contributed by atoms with Gasteiger partial charge in [0.2, 0.25) is 0 Å². The van der Waals surface area contributed by atoms with Crippen LogP contribution in [0.3, 0.4) is 0 Å². The van der Waals surface area contributed by atoms with Crippen molar-refractivity contribution in [3.05, 3.63) is 23.8 Å². The summed E-state index contributed by atoms with van der Waals surface area (Å²) in [4.78, 5) is 0. The van der Waals surface area contributed by atoms with E-state index < -0.39 is 0 Å². The molecule has 0 aromatic rings. The summed E-state index contributed by atoms with van der Waals surface area (Å²) in [6.45, 7) is 8.93. The molecule has 0 aliphatic heterocycles. The van der Waals surface area contributed by atoms with Gasteiger partial charge >= 0.3 is 0 Å². The van der Waals surface area contributed by atoms with E-state index >= 15 is 0 Å². The molecular weight excluding hydrogens is 156 g/mol. The minimum Gasteiger partial charge on any atom is -0.0840 e. The summed E-state index contributed by atoms with van der Waals surface area (Å²) in [5.41, 5.74) is 1.39. The van der Waals surface area contributed by atoms with Crippen molar-refractivity contribution in [1.82, 2.24) is 0 Å². The second-order valence-electron chi connectivity index (χ2n) is 3.89. The quantitative estimate of drug-likeness (QED) is 0.519. The molecule has 0 aliphatic rings. The summed E-state index contributed by atoms with van der Waals surface area (Å²) < 4.78 is 0. The fraction of sp³-hybridized carbons (Fsp3) is 0.692. The lowest BCUT2D eigenvalue weighted by Crippen LogP contribution is -1.90. The summed E-state index contributed by atoms with van der Waals surface area (Å²) in [5.74, 6) is 0.843. The smallest absolute Gasteiger partial charge is 0.0322 e. The van der Waals surface area contributed by atoms with E-state index in [9.17, 15) is 0 Å². The first-order valence-electron chi connectivity index (χ1n) is 5.54. The average Bonchev–Trinajstić information content (AvgIpc) is 2.05. The van der Waals surface area contributed by atoms with E-state index in [1.807, 2.05) is 0 Å². The second kappa shape index (κ2) is 8.10. The van der Waals surface area contributed by atoms with Gasteiger partial charge in [0.05, 0.1) is 0 Å². The highest BCUT2D eigenvalue weighted by Crippen LogP contribution is 2.11. The van der Waals surface area contributed by atoms with Crippen LogP contribution in [0.2, 0.25) is 0 Å². The molecule has 0 aromatic carbocycles. The fourth-order valence-corrected chi connectivity index (χ4v) is 1.49. The van der Waals surface area contributed by atoms with Crippen molar-refractivity contribution in [1.29, 1.82) is 0 Å². The minimum absolute atomic E-state index is 0.843. The molecule has 0 bridgehead atoms.